The normalized spacial score (nSPS) is 12.3. The van der Waals surface area contributed by atoms with Crippen molar-refractivity contribution in [2.75, 3.05) is 13.2 Å². The number of aryl methyl sites for hydroxylation is 1. The molecule has 2 rings (SSSR count). The standard InChI is InChI=1S/C15H19N3O3/c1-11(9-19)8-16-14(20)6-7-18-10-17-13-5-3-2-4-12(13)15(18)21/h2-5,10-11,19H,6-9H2,1H3,(H,16,20). The third-order valence-electron chi connectivity index (χ3n) is 3.27. The molecule has 1 aromatic heterocycles. The molecular formula is C15H19N3O3. The molecule has 0 bridgehead atoms. The van der Waals surface area contributed by atoms with E-state index in [1.165, 1.54) is 10.9 Å². The molecule has 0 radical (unpaired) electrons. The van der Waals surface area contributed by atoms with Crippen LogP contribution >= 0.6 is 0 Å². The molecule has 1 amide bonds. The monoisotopic (exact) mass is 289 g/mol. The van der Waals surface area contributed by atoms with E-state index < -0.39 is 0 Å². The zero-order valence-electron chi connectivity index (χ0n) is 12.0. The van der Waals surface area contributed by atoms with Gasteiger partial charge in [0.1, 0.15) is 0 Å². The van der Waals surface area contributed by atoms with E-state index in [4.69, 9.17) is 5.11 Å². The van der Waals surface area contributed by atoms with Gasteiger partial charge in [0.25, 0.3) is 5.56 Å². The van der Waals surface area contributed by atoms with Crippen LogP contribution in [0.5, 0.6) is 0 Å². The zero-order valence-corrected chi connectivity index (χ0v) is 12.0. The van der Waals surface area contributed by atoms with Crippen molar-refractivity contribution in [3.05, 3.63) is 40.9 Å². The number of aliphatic hydroxyl groups excluding tert-OH is 1. The second kappa shape index (κ2) is 6.99. The second-order valence-corrected chi connectivity index (χ2v) is 5.10. The average Bonchev–Trinajstić information content (AvgIpc) is 2.52. The van der Waals surface area contributed by atoms with Gasteiger partial charge in [-0.2, -0.15) is 0 Å². The number of nitrogens with zero attached hydrogens (tertiary/aromatic N) is 2. The number of amides is 1. The molecule has 6 heteroatoms. The van der Waals surface area contributed by atoms with Crippen molar-refractivity contribution >= 4 is 16.8 Å². The van der Waals surface area contributed by atoms with Gasteiger partial charge in [0, 0.05) is 26.1 Å². The van der Waals surface area contributed by atoms with Crippen molar-refractivity contribution in [2.45, 2.75) is 19.9 Å². The van der Waals surface area contributed by atoms with Gasteiger partial charge >= 0.3 is 0 Å². The van der Waals surface area contributed by atoms with Crippen LogP contribution in [-0.4, -0.2) is 33.7 Å². The first-order valence-electron chi connectivity index (χ1n) is 6.93. The first kappa shape index (κ1) is 15.2. The van der Waals surface area contributed by atoms with E-state index in [2.05, 4.69) is 10.3 Å². The lowest BCUT2D eigenvalue weighted by atomic mass is 10.2. The van der Waals surface area contributed by atoms with E-state index in [0.717, 1.165) is 0 Å². The fraction of sp³-hybridized carbons (Fsp3) is 0.400. The minimum Gasteiger partial charge on any atom is -0.396 e. The van der Waals surface area contributed by atoms with Gasteiger partial charge in [0.15, 0.2) is 0 Å². The highest BCUT2D eigenvalue weighted by molar-refractivity contribution is 5.77. The molecule has 1 atom stereocenters. The van der Waals surface area contributed by atoms with Crippen molar-refractivity contribution in [2.24, 2.45) is 5.92 Å². The predicted octanol–water partition coefficient (Wildman–Crippen LogP) is 0.531. The molecule has 6 nitrogen and oxygen atoms in total. The lowest BCUT2D eigenvalue weighted by Crippen LogP contribution is -2.31. The third kappa shape index (κ3) is 3.88. The molecule has 21 heavy (non-hydrogen) atoms. The van der Waals surface area contributed by atoms with Gasteiger partial charge in [-0.1, -0.05) is 19.1 Å². The van der Waals surface area contributed by atoms with Crippen LogP contribution in [0, 0.1) is 5.92 Å². The number of hydrogen-bond donors (Lipinski definition) is 2. The number of carbonyl (C=O) groups excluding carboxylic acids is 1. The summed E-state index contributed by atoms with van der Waals surface area (Å²) in [5.41, 5.74) is 0.511. The second-order valence-electron chi connectivity index (χ2n) is 5.10. The maximum absolute atomic E-state index is 12.2. The first-order chi connectivity index (χ1) is 10.1. The summed E-state index contributed by atoms with van der Waals surface area (Å²) in [6, 6.07) is 7.13. The maximum atomic E-state index is 12.2. The number of aliphatic hydroxyl groups is 1. The van der Waals surface area contributed by atoms with Gasteiger partial charge in [0.2, 0.25) is 5.91 Å². The van der Waals surface area contributed by atoms with Crippen LogP contribution in [-0.2, 0) is 11.3 Å². The summed E-state index contributed by atoms with van der Waals surface area (Å²) in [5.74, 6) is -0.116. The van der Waals surface area contributed by atoms with Crippen LogP contribution in [0.3, 0.4) is 0 Å². The first-order valence-corrected chi connectivity index (χ1v) is 6.93. The van der Waals surface area contributed by atoms with Gasteiger partial charge in [-0.3, -0.25) is 14.2 Å². The van der Waals surface area contributed by atoms with Crippen LogP contribution in [0.15, 0.2) is 35.4 Å². The van der Waals surface area contributed by atoms with E-state index in [-0.39, 0.29) is 37.0 Å². The number of rotatable bonds is 6. The van der Waals surface area contributed by atoms with Crippen molar-refractivity contribution in [3.8, 4) is 0 Å². The van der Waals surface area contributed by atoms with Gasteiger partial charge in [-0.05, 0) is 18.1 Å². The SMILES string of the molecule is CC(CO)CNC(=O)CCn1cnc2ccccc2c1=O. The molecule has 0 aliphatic heterocycles. The summed E-state index contributed by atoms with van der Waals surface area (Å²) in [6.45, 7) is 2.60. The molecule has 0 fully saturated rings. The Morgan fingerprint density at radius 1 is 1.43 bits per heavy atom. The summed E-state index contributed by atoms with van der Waals surface area (Å²) in [5, 5.41) is 12.2. The zero-order chi connectivity index (χ0) is 15.2. The Morgan fingerprint density at radius 3 is 2.95 bits per heavy atom. The smallest absolute Gasteiger partial charge is 0.261 e. The van der Waals surface area contributed by atoms with Gasteiger partial charge < -0.3 is 10.4 Å². The van der Waals surface area contributed by atoms with E-state index in [1.54, 1.807) is 18.2 Å². The molecule has 0 aliphatic carbocycles. The fourth-order valence-corrected chi connectivity index (χ4v) is 1.93. The van der Waals surface area contributed by atoms with Crippen molar-refractivity contribution in [1.29, 1.82) is 0 Å². The number of nitrogens with one attached hydrogen (secondary N) is 1. The molecule has 0 saturated heterocycles. The molecule has 0 spiro atoms. The van der Waals surface area contributed by atoms with E-state index in [9.17, 15) is 9.59 Å². The van der Waals surface area contributed by atoms with E-state index >= 15 is 0 Å². The minimum atomic E-state index is -0.143. The van der Waals surface area contributed by atoms with Crippen molar-refractivity contribution < 1.29 is 9.90 Å². The van der Waals surface area contributed by atoms with Crippen LogP contribution in [0.1, 0.15) is 13.3 Å². The van der Waals surface area contributed by atoms with Gasteiger partial charge in [-0.15, -0.1) is 0 Å². The number of hydrogen-bond acceptors (Lipinski definition) is 4. The number of fused-ring (bicyclic) bond motifs is 1. The topological polar surface area (TPSA) is 84.2 Å². The Hall–Kier alpha value is -2.21. The average molecular weight is 289 g/mol. The summed E-state index contributed by atoms with van der Waals surface area (Å²) in [7, 11) is 0. The lowest BCUT2D eigenvalue weighted by Gasteiger charge is -2.10. The minimum absolute atomic E-state index is 0.0269. The predicted molar refractivity (Wildman–Crippen MR) is 79.9 cm³/mol. The van der Waals surface area contributed by atoms with Crippen molar-refractivity contribution in [3.63, 3.8) is 0 Å². The van der Waals surface area contributed by atoms with Crippen LogP contribution < -0.4 is 10.9 Å². The van der Waals surface area contributed by atoms with Crippen molar-refractivity contribution in [1.82, 2.24) is 14.9 Å². The molecule has 1 unspecified atom stereocenters. The molecule has 0 saturated carbocycles. The highest BCUT2D eigenvalue weighted by atomic mass is 16.3. The Kier molecular flexibility index (Phi) is 5.05. The van der Waals surface area contributed by atoms with E-state index in [0.29, 0.717) is 17.4 Å². The molecule has 2 N–H and O–H groups in total. The molecule has 2 aromatic rings. The largest absolute Gasteiger partial charge is 0.396 e. The molecule has 1 aromatic carbocycles. The maximum Gasteiger partial charge on any atom is 0.261 e. The molecule has 1 heterocycles. The van der Waals surface area contributed by atoms with Crippen LogP contribution in [0.2, 0.25) is 0 Å². The number of benzene rings is 1. The quantitative estimate of drug-likeness (QED) is 0.812. The van der Waals surface area contributed by atoms with Crippen LogP contribution in [0.25, 0.3) is 10.9 Å². The number of carbonyl (C=O) groups is 1. The van der Waals surface area contributed by atoms with E-state index in [1.807, 2.05) is 13.0 Å². The number of para-hydroxylation sites is 1. The summed E-state index contributed by atoms with van der Waals surface area (Å²) in [4.78, 5) is 28.1. The Bertz CT molecular complexity index is 681. The Labute approximate surface area is 122 Å². The summed E-state index contributed by atoms with van der Waals surface area (Å²) >= 11 is 0. The Morgan fingerprint density at radius 2 is 2.19 bits per heavy atom. The highest BCUT2D eigenvalue weighted by Crippen LogP contribution is 2.04. The summed E-state index contributed by atoms with van der Waals surface area (Å²) < 4.78 is 1.44. The Balaban J connectivity index is 1.99. The lowest BCUT2D eigenvalue weighted by molar-refractivity contribution is -0.121. The fourth-order valence-electron chi connectivity index (χ4n) is 1.93. The highest BCUT2D eigenvalue weighted by Gasteiger charge is 2.07. The molecule has 112 valence electrons. The third-order valence-corrected chi connectivity index (χ3v) is 3.27. The van der Waals surface area contributed by atoms with Gasteiger partial charge in [0.05, 0.1) is 17.2 Å². The molecular weight excluding hydrogens is 270 g/mol. The summed E-state index contributed by atoms with van der Waals surface area (Å²) in [6.07, 6.45) is 1.67. The van der Waals surface area contributed by atoms with Crippen LogP contribution in [0.4, 0.5) is 0 Å². The van der Waals surface area contributed by atoms with Gasteiger partial charge in [-0.25, -0.2) is 4.98 Å². The molecule has 0 aliphatic rings. The number of aromatic nitrogens is 2.